The van der Waals surface area contributed by atoms with Crippen molar-refractivity contribution >= 4 is 21.8 Å². The number of hydrogen-bond acceptors (Lipinski definition) is 2. The summed E-state index contributed by atoms with van der Waals surface area (Å²) in [5.41, 5.74) is -0.0876. The molecule has 4 heteroatoms. The Kier molecular flexibility index (Phi) is 5.76. The number of halogens is 1. The monoisotopic (exact) mass is 291 g/mol. The number of hydrogen-bond donors (Lipinski definition) is 1. The van der Waals surface area contributed by atoms with Crippen molar-refractivity contribution in [3.63, 3.8) is 0 Å². The summed E-state index contributed by atoms with van der Waals surface area (Å²) in [6.07, 6.45) is 4.66. The van der Waals surface area contributed by atoms with Gasteiger partial charge in [0.1, 0.15) is 0 Å². The molecule has 1 amide bonds. The normalized spacial score (nSPS) is 21.1. The Morgan fingerprint density at radius 1 is 1.50 bits per heavy atom. The maximum atomic E-state index is 11.9. The topological polar surface area (TPSA) is 38.3 Å². The fourth-order valence-corrected chi connectivity index (χ4v) is 2.94. The number of carbonyl (C=O) groups is 1. The van der Waals surface area contributed by atoms with Gasteiger partial charge < -0.3 is 10.1 Å². The lowest BCUT2D eigenvalue weighted by Crippen LogP contribution is -2.49. The van der Waals surface area contributed by atoms with Gasteiger partial charge in [0.25, 0.3) is 0 Å². The first-order valence-electron chi connectivity index (χ1n) is 6.14. The molecular weight excluding hydrogens is 270 g/mol. The van der Waals surface area contributed by atoms with E-state index in [1.807, 2.05) is 0 Å². The summed E-state index contributed by atoms with van der Waals surface area (Å²) in [7, 11) is 0. The standard InChI is InChI=1S/C12H22BrNO2/c1-3-12(4-2,9-13)14-11(15)8-10-6-5-7-16-10/h10H,3-9H2,1-2H3,(H,14,15). The van der Waals surface area contributed by atoms with Gasteiger partial charge in [-0.25, -0.2) is 0 Å². The number of ether oxygens (including phenoxy) is 1. The van der Waals surface area contributed by atoms with Crippen LogP contribution in [-0.2, 0) is 9.53 Å². The van der Waals surface area contributed by atoms with Gasteiger partial charge in [0.15, 0.2) is 0 Å². The van der Waals surface area contributed by atoms with Crippen LogP contribution in [0.15, 0.2) is 0 Å². The fraction of sp³-hybridized carbons (Fsp3) is 0.917. The van der Waals surface area contributed by atoms with E-state index in [1.54, 1.807) is 0 Å². The number of rotatable bonds is 6. The molecule has 0 bridgehead atoms. The van der Waals surface area contributed by atoms with Crippen molar-refractivity contribution in [1.29, 1.82) is 0 Å². The zero-order valence-corrected chi connectivity index (χ0v) is 11.8. The maximum absolute atomic E-state index is 11.9. The Bertz CT molecular complexity index is 215. The lowest BCUT2D eigenvalue weighted by Gasteiger charge is -2.31. The fourth-order valence-electron chi connectivity index (χ4n) is 2.01. The third kappa shape index (κ3) is 3.74. The molecule has 1 aliphatic rings. The average Bonchev–Trinajstić information content (AvgIpc) is 2.79. The summed E-state index contributed by atoms with van der Waals surface area (Å²) in [4.78, 5) is 11.9. The zero-order valence-electron chi connectivity index (χ0n) is 10.2. The second-order valence-electron chi connectivity index (χ2n) is 4.51. The van der Waals surface area contributed by atoms with Crippen molar-refractivity contribution in [3.8, 4) is 0 Å². The minimum atomic E-state index is -0.0876. The van der Waals surface area contributed by atoms with Crippen LogP contribution in [0, 0.1) is 0 Å². The Hall–Kier alpha value is -0.0900. The first kappa shape index (κ1) is 14.0. The quantitative estimate of drug-likeness (QED) is 0.764. The molecule has 1 heterocycles. The van der Waals surface area contributed by atoms with Crippen molar-refractivity contribution < 1.29 is 9.53 Å². The van der Waals surface area contributed by atoms with Gasteiger partial charge in [0.2, 0.25) is 5.91 Å². The molecule has 0 spiro atoms. The van der Waals surface area contributed by atoms with Gasteiger partial charge in [0, 0.05) is 17.5 Å². The molecule has 1 fully saturated rings. The first-order chi connectivity index (χ1) is 7.65. The van der Waals surface area contributed by atoms with Gasteiger partial charge in [-0.1, -0.05) is 29.8 Å². The SMILES string of the molecule is CCC(CC)(CBr)NC(=O)CC1CCCO1. The maximum Gasteiger partial charge on any atom is 0.223 e. The van der Waals surface area contributed by atoms with E-state index in [4.69, 9.17) is 4.74 Å². The van der Waals surface area contributed by atoms with E-state index in [0.717, 1.165) is 37.6 Å². The Morgan fingerprint density at radius 3 is 2.62 bits per heavy atom. The highest BCUT2D eigenvalue weighted by atomic mass is 79.9. The highest BCUT2D eigenvalue weighted by molar-refractivity contribution is 9.09. The van der Waals surface area contributed by atoms with Crippen LogP contribution in [0.3, 0.4) is 0 Å². The van der Waals surface area contributed by atoms with E-state index in [-0.39, 0.29) is 17.6 Å². The van der Waals surface area contributed by atoms with Crippen molar-refractivity contribution in [2.75, 3.05) is 11.9 Å². The van der Waals surface area contributed by atoms with Crippen molar-refractivity contribution in [2.45, 2.75) is 57.6 Å². The van der Waals surface area contributed by atoms with E-state index < -0.39 is 0 Å². The van der Waals surface area contributed by atoms with Crippen LogP contribution in [0.4, 0.5) is 0 Å². The van der Waals surface area contributed by atoms with Crippen LogP contribution >= 0.6 is 15.9 Å². The van der Waals surface area contributed by atoms with Crippen LogP contribution in [0.5, 0.6) is 0 Å². The van der Waals surface area contributed by atoms with Crippen LogP contribution < -0.4 is 5.32 Å². The van der Waals surface area contributed by atoms with Crippen molar-refractivity contribution in [3.05, 3.63) is 0 Å². The minimum absolute atomic E-state index is 0.0876. The van der Waals surface area contributed by atoms with Crippen LogP contribution in [0.1, 0.15) is 46.0 Å². The third-order valence-corrected chi connectivity index (χ3v) is 4.52. The lowest BCUT2D eigenvalue weighted by atomic mass is 9.95. The molecule has 1 aliphatic heterocycles. The highest BCUT2D eigenvalue weighted by Crippen LogP contribution is 2.20. The van der Waals surface area contributed by atoms with E-state index >= 15 is 0 Å². The largest absolute Gasteiger partial charge is 0.378 e. The first-order valence-corrected chi connectivity index (χ1v) is 7.26. The molecule has 94 valence electrons. The molecule has 1 N–H and O–H groups in total. The summed E-state index contributed by atoms with van der Waals surface area (Å²) in [5, 5.41) is 3.95. The van der Waals surface area contributed by atoms with Crippen LogP contribution in [-0.4, -0.2) is 29.5 Å². The highest BCUT2D eigenvalue weighted by Gasteiger charge is 2.28. The molecule has 0 aromatic rings. The minimum Gasteiger partial charge on any atom is -0.378 e. The van der Waals surface area contributed by atoms with Crippen LogP contribution in [0.2, 0.25) is 0 Å². The zero-order chi connectivity index (χ0) is 12.0. The Morgan fingerprint density at radius 2 is 2.19 bits per heavy atom. The van der Waals surface area contributed by atoms with E-state index in [0.29, 0.717) is 6.42 Å². The molecule has 0 aromatic carbocycles. The predicted octanol–water partition coefficient (Wildman–Crippen LogP) is 2.63. The molecule has 0 radical (unpaired) electrons. The summed E-state index contributed by atoms with van der Waals surface area (Å²) in [6, 6.07) is 0. The van der Waals surface area contributed by atoms with Crippen molar-refractivity contribution in [2.24, 2.45) is 0 Å². The van der Waals surface area contributed by atoms with Gasteiger partial charge in [-0.2, -0.15) is 0 Å². The number of alkyl halides is 1. The van der Waals surface area contributed by atoms with E-state index in [1.165, 1.54) is 0 Å². The van der Waals surface area contributed by atoms with Gasteiger partial charge in [0.05, 0.1) is 12.5 Å². The van der Waals surface area contributed by atoms with Gasteiger partial charge >= 0.3 is 0 Å². The Balaban J connectivity index is 2.41. The van der Waals surface area contributed by atoms with E-state index in [2.05, 4.69) is 35.1 Å². The molecule has 0 aromatic heterocycles. The molecule has 1 atom stereocenters. The van der Waals surface area contributed by atoms with E-state index in [9.17, 15) is 4.79 Å². The lowest BCUT2D eigenvalue weighted by molar-refractivity contribution is -0.125. The number of carbonyl (C=O) groups excluding carboxylic acids is 1. The summed E-state index contributed by atoms with van der Waals surface area (Å²) in [6.45, 7) is 5.03. The molecule has 3 nitrogen and oxygen atoms in total. The Labute approximate surface area is 106 Å². The molecular formula is C12H22BrNO2. The number of nitrogens with one attached hydrogen (secondary N) is 1. The van der Waals surface area contributed by atoms with Gasteiger partial charge in [-0.15, -0.1) is 0 Å². The number of amides is 1. The molecule has 1 saturated heterocycles. The third-order valence-electron chi connectivity index (χ3n) is 3.45. The van der Waals surface area contributed by atoms with Crippen molar-refractivity contribution in [1.82, 2.24) is 5.32 Å². The smallest absolute Gasteiger partial charge is 0.223 e. The van der Waals surface area contributed by atoms with Crippen LogP contribution in [0.25, 0.3) is 0 Å². The summed E-state index contributed by atoms with van der Waals surface area (Å²) >= 11 is 3.49. The molecule has 1 unspecified atom stereocenters. The van der Waals surface area contributed by atoms with Gasteiger partial charge in [-0.3, -0.25) is 4.79 Å². The molecule has 0 saturated carbocycles. The molecule has 16 heavy (non-hydrogen) atoms. The predicted molar refractivity (Wildman–Crippen MR) is 68.8 cm³/mol. The van der Waals surface area contributed by atoms with Gasteiger partial charge in [-0.05, 0) is 25.7 Å². The second-order valence-corrected chi connectivity index (χ2v) is 5.07. The second kappa shape index (κ2) is 6.60. The summed E-state index contributed by atoms with van der Waals surface area (Å²) in [5.74, 6) is 0.120. The molecule has 1 rings (SSSR count). The average molecular weight is 292 g/mol. The summed E-state index contributed by atoms with van der Waals surface area (Å²) < 4.78 is 5.47. The molecule has 0 aliphatic carbocycles.